The summed E-state index contributed by atoms with van der Waals surface area (Å²) in [6.45, 7) is 3.30. The van der Waals surface area contributed by atoms with Gasteiger partial charge in [-0.05, 0) is 36.5 Å². The van der Waals surface area contributed by atoms with Crippen molar-refractivity contribution in [3.8, 4) is 5.69 Å². The molecular formula is C21H25ClN6OS. The zero-order chi connectivity index (χ0) is 20.9. The van der Waals surface area contributed by atoms with Crippen molar-refractivity contribution in [2.75, 3.05) is 18.1 Å². The van der Waals surface area contributed by atoms with E-state index in [4.69, 9.17) is 11.6 Å². The Morgan fingerprint density at radius 3 is 2.80 bits per heavy atom. The summed E-state index contributed by atoms with van der Waals surface area (Å²) >= 11 is 8.32. The average molecular weight is 445 g/mol. The molecule has 2 aromatic heterocycles. The molecule has 0 spiro atoms. The van der Waals surface area contributed by atoms with Crippen LogP contribution in [-0.4, -0.2) is 59.2 Å². The second kappa shape index (κ2) is 9.66. The van der Waals surface area contributed by atoms with Crippen LogP contribution in [0.5, 0.6) is 0 Å². The van der Waals surface area contributed by atoms with E-state index in [1.165, 1.54) is 0 Å². The van der Waals surface area contributed by atoms with E-state index in [-0.39, 0.29) is 17.8 Å². The number of nitrogens with zero attached hydrogens (tertiary/aromatic N) is 6. The molecular weight excluding hydrogens is 420 g/mol. The summed E-state index contributed by atoms with van der Waals surface area (Å²) in [7, 11) is 0. The van der Waals surface area contributed by atoms with Gasteiger partial charge >= 0.3 is 0 Å². The lowest BCUT2D eigenvalue weighted by atomic mass is 10.1. The van der Waals surface area contributed by atoms with Crippen LogP contribution in [0.3, 0.4) is 0 Å². The van der Waals surface area contributed by atoms with Crippen molar-refractivity contribution in [1.82, 2.24) is 29.2 Å². The Kier molecular flexibility index (Phi) is 6.74. The van der Waals surface area contributed by atoms with Gasteiger partial charge in [0.05, 0.1) is 17.0 Å². The van der Waals surface area contributed by atoms with E-state index >= 15 is 0 Å². The van der Waals surface area contributed by atoms with Gasteiger partial charge < -0.3 is 9.47 Å². The lowest BCUT2D eigenvalue weighted by molar-refractivity contribution is 0.0646. The fourth-order valence-electron chi connectivity index (χ4n) is 3.70. The highest BCUT2D eigenvalue weighted by molar-refractivity contribution is 7.99. The SMILES string of the molecule is CCc1nc(C(=O)N(CCn2ccnc2)C2CCSCC2)nn1-c1ccccc1Cl. The van der Waals surface area contributed by atoms with Crippen LogP contribution in [-0.2, 0) is 13.0 Å². The maximum absolute atomic E-state index is 13.5. The number of benzene rings is 1. The molecule has 7 nitrogen and oxygen atoms in total. The molecule has 158 valence electrons. The fourth-order valence-corrected chi connectivity index (χ4v) is 5.00. The summed E-state index contributed by atoms with van der Waals surface area (Å²) in [5, 5.41) is 5.16. The molecule has 1 fully saturated rings. The maximum atomic E-state index is 13.5. The number of thioether (sulfide) groups is 1. The van der Waals surface area contributed by atoms with E-state index in [2.05, 4.69) is 15.1 Å². The van der Waals surface area contributed by atoms with Gasteiger partial charge in [0.25, 0.3) is 5.91 Å². The Hall–Kier alpha value is -2.32. The van der Waals surface area contributed by atoms with Crippen molar-refractivity contribution in [3.05, 3.63) is 59.7 Å². The summed E-state index contributed by atoms with van der Waals surface area (Å²) in [6.07, 6.45) is 8.08. The van der Waals surface area contributed by atoms with Crippen LogP contribution in [0.2, 0.25) is 5.02 Å². The number of halogens is 1. The number of carbonyl (C=O) groups is 1. The van der Waals surface area contributed by atoms with Gasteiger partial charge in [0.2, 0.25) is 5.82 Å². The lowest BCUT2D eigenvalue weighted by Gasteiger charge is -2.33. The zero-order valence-electron chi connectivity index (χ0n) is 16.9. The minimum Gasteiger partial charge on any atom is -0.336 e. The van der Waals surface area contributed by atoms with Gasteiger partial charge in [0.1, 0.15) is 5.82 Å². The second-order valence-electron chi connectivity index (χ2n) is 7.21. The lowest BCUT2D eigenvalue weighted by Crippen LogP contribution is -2.44. The van der Waals surface area contributed by atoms with E-state index in [1.54, 1.807) is 17.2 Å². The average Bonchev–Trinajstić information content (AvgIpc) is 3.45. The largest absolute Gasteiger partial charge is 0.336 e. The van der Waals surface area contributed by atoms with Gasteiger partial charge in [-0.25, -0.2) is 14.6 Å². The molecule has 9 heteroatoms. The Labute approximate surface area is 185 Å². The minimum atomic E-state index is -0.118. The minimum absolute atomic E-state index is 0.118. The molecule has 0 atom stereocenters. The molecule has 0 radical (unpaired) electrons. The first-order chi connectivity index (χ1) is 14.7. The molecule has 3 aromatic rings. The highest BCUT2D eigenvalue weighted by Gasteiger charge is 2.29. The molecule has 1 amide bonds. The third-order valence-corrected chi connectivity index (χ3v) is 6.68. The van der Waals surface area contributed by atoms with E-state index in [9.17, 15) is 4.79 Å². The third-order valence-electron chi connectivity index (χ3n) is 5.31. The standard InChI is InChI=1S/C21H25ClN6OS/c1-2-19-24-20(25-28(19)18-6-4-3-5-17(18)22)21(29)27(16-7-13-30-14-8-16)12-11-26-10-9-23-15-26/h3-6,9-10,15-16H,2,7-8,11-14H2,1H3. The molecule has 1 aliphatic rings. The highest BCUT2D eigenvalue weighted by atomic mass is 35.5. The molecule has 0 aliphatic carbocycles. The zero-order valence-corrected chi connectivity index (χ0v) is 18.5. The quantitative estimate of drug-likeness (QED) is 0.555. The van der Waals surface area contributed by atoms with Crippen LogP contribution in [0.1, 0.15) is 36.2 Å². The van der Waals surface area contributed by atoms with Gasteiger partial charge in [-0.15, -0.1) is 5.10 Å². The molecule has 0 N–H and O–H groups in total. The molecule has 1 aliphatic heterocycles. The first kappa shape index (κ1) is 20.9. The van der Waals surface area contributed by atoms with E-state index in [0.29, 0.717) is 24.5 Å². The van der Waals surface area contributed by atoms with Gasteiger partial charge in [-0.1, -0.05) is 30.7 Å². The number of carbonyl (C=O) groups excluding carboxylic acids is 1. The Bertz CT molecular complexity index is 983. The van der Waals surface area contributed by atoms with Crippen molar-refractivity contribution in [3.63, 3.8) is 0 Å². The summed E-state index contributed by atoms with van der Waals surface area (Å²) < 4.78 is 3.69. The molecule has 0 unspecified atom stereocenters. The van der Waals surface area contributed by atoms with Crippen molar-refractivity contribution in [1.29, 1.82) is 0 Å². The molecule has 3 heterocycles. The molecule has 0 bridgehead atoms. The number of aryl methyl sites for hydroxylation is 1. The fraction of sp³-hybridized carbons (Fsp3) is 0.429. The Morgan fingerprint density at radius 2 is 2.10 bits per heavy atom. The molecule has 1 saturated heterocycles. The number of aromatic nitrogens is 5. The number of hydrogen-bond acceptors (Lipinski definition) is 5. The number of rotatable bonds is 7. The maximum Gasteiger partial charge on any atom is 0.293 e. The van der Waals surface area contributed by atoms with Crippen molar-refractivity contribution < 1.29 is 4.79 Å². The van der Waals surface area contributed by atoms with Crippen molar-refractivity contribution in [2.24, 2.45) is 0 Å². The number of imidazole rings is 1. The van der Waals surface area contributed by atoms with E-state index < -0.39 is 0 Å². The molecule has 30 heavy (non-hydrogen) atoms. The number of para-hydroxylation sites is 1. The van der Waals surface area contributed by atoms with Gasteiger partial charge in [0.15, 0.2) is 0 Å². The molecule has 0 saturated carbocycles. The topological polar surface area (TPSA) is 68.8 Å². The predicted molar refractivity (Wildman–Crippen MR) is 119 cm³/mol. The summed E-state index contributed by atoms with van der Waals surface area (Å²) in [5.74, 6) is 2.98. The summed E-state index contributed by atoms with van der Waals surface area (Å²) in [5.41, 5.74) is 0.738. The Balaban J connectivity index is 1.62. The summed E-state index contributed by atoms with van der Waals surface area (Å²) in [4.78, 5) is 24.2. The normalized spacial score (nSPS) is 14.7. The first-order valence-electron chi connectivity index (χ1n) is 10.2. The van der Waals surface area contributed by atoms with Crippen LogP contribution in [0, 0.1) is 0 Å². The van der Waals surface area contributed by atoms with Crippen LogP contribution in [0.15, 0.2) is 43.0 Å². The molecule has 1 aromatic carbocycles. The monoisotopic (exact) mass is 444 g/mol. The predicted octanol–water partition coefficient (Wildman–Crippen LogP) is 3.72. The number of hydrogen-bond donors (Lipinski definition) is 0. The number of amides is 1. The second-order valence-corrected chi connectivity index (χ2v) is 8.84. The highest BCUT2D eigenvalue weighted by Crippen LogP contribution is 2.24. The first-order valence-corrected chi connectivity index (χ1v) is 11.8. The smallest absolute Gasteiger partial charge is 0.293 e. The van der Waals surface area contributed by atoms with Gasteiger partial charge in [-0.2, -0.15) is 11.8 Å². The van der Waals surface area contributed by atoms with E-state index in [1.807, 2.05) is 58.6 Å². The van der Waals surface area contributed by atoms with E-state index in [0.717, 1.165) is 35.9 Å². The molecule has 4 rings (SSSR count). The van der Waals surface area contributed by atoms with Crippen molar-refractivity contribution >= 4 is 29.3 Å². The van der Waals surface area contributed by atoms with Crippen LogP contribution >= 0.6 is 23.4 Å². The van der Waals surface area contributed by atoms with Gasteiger partial charge in [0, 0.05) is 37.9 Å². The van der Waals surface area contributed by atoms with Crippen molar-refractivity contribution in [2.45, 2.75) is 38.8 Å². The van der Waals surface area contributed by atoms with Crippen LogP contribution < -0.4 is 0 Å². The third kappa shape index (κ3) is 4.54. The summed E-state index contributed by atoms with van der Waals surface area (Å²) in [6, 6.07) is 7.69. The van der Waals surface area contributed by atoms with Gasteiger partial charge in [-0.3, -0.25) is 4.79 Å². The van der Waals surface area contributed by atoms with Crippen LogP contribution in [0.25, 0.3) is 5.69 Å². The van der Waals surface area contributed by atoms with Crippen LogP contribution in [0.4, 0.5) is 0 Å². The Morgan fingerprint density at radius 1 is 1.30 bits per heavy atom.